The summed E-state index contributed by atoms with van der Waals surface area (Å²) in [6.45, 7) is 7.83. The van der Waals surface area contributed by atoms with E-state index in [-0.39, 0.29) is 18.4 Å². The highest BCUT2D eigenvalue weighted by Gasteiger charge is 2.06. The Morgan fingerprint density at radius 3 is 2.63 bits per heavy atom. The zero-order valence-corrected chi connectivity index (χ0v) is 15.9. The minimum absolute atomic E-state index is 0.0947. The number of rotatable bonds is 10. The summed E-state index contributed by atoms with van der Waals surface area (Å²) in [4.78, 5) is 26.1. The van der Waals surface area contributed by atoms with E-state index in [9.17, 15) is 9.59 Å². The fourth-order valence-electron chi connectivity index (χ4n) is 2.50. The number of likely N-dealkylation sites (N-methyl/N-ethyl adjacent to an activating group) is 1. The van der Waals surface area contributed by atoms with Gasteiger partial charge < -0.3 is 15.5 Å². The fraction of sp³-hybridized carbons (Fsp3) is 0.350. The van der Waals surface area contributed by atoms with E-state index in [1.807, 2.05) is 30.3 Å². The highest BCUT2D eigenvalue weighted by Crippen LogP contribution is 2.05. The molecule has 2 aromatic rings. The normalized spacial score (nSPS) is 11.1. The maximum atomic E-state index is 12.0. The Bertz CT molecular complexity index is 751. The standard InChI is InChI=1S/C20H27N5O2/c1-3-24(4-2)12-13-25-16-18(14-22-25)23-20(27)15-21-19(26)11-10-17-8-6-5-7-9-17/h5-11,14,16H,3-4,12-13,15H2,1-2H3,(H,21,26)(H,23,27)/b11-10+. The molecule has 0 unspecified atom stereocenters. The summed E-state index contributed by atoms with van der Waals surface area (Å²) >= 11 is 0. The molecule has 0 bridgehead atoms. The van der Waals surface area contributed by atoms with Gasteiger partial charge in [0.25, 0.3) is 0 Å². The number of hydrogen-bond donors (Lipinski definition) is 2. The number of carbonyl (C=O) groups excluding carboxylic acids is 2. The van der Waals surface area contributed by atoms with Crippen molar-refractivity contribution in [2.75, 3.05) is 31.5 Å². The second kappa shape index (κ2) is 10.9. The molecule has 2 rings (SSSR count). The van der Waals surface area contributed by atoms with Crippen LogP contribution in [-0.2, 0) is 16.1 Å². The van der Waals surface area contributed by atoms with E-state index in [0.29, 0.717) is 5.69 Å². The first-order chi connectivity index (χ1) is 13.1. The van der Waals surface area contributed by atoms with Crippen molar-refractivity contribution >= 4 is 23.6 Å². The number of benzene rings is 1. The van der Waals surface area contributed by atoms with Gasteiger partial charge in [-0.05, 0) is 24.7 Å². The van der Waals surface area contributed by atoms with Crippen molar-refractivity contribution in [1.82, 2.24) is 20.0 Å². The maximum Gasteiger partial charge on any atom is 0.244 e. The van der Waals surface area contributed by atoms with Gasteiger partial charge in [0.1, 0.15) is 0 Å². The van der Waals surface area contributed by atoms with E-state index in [4.69, 9.17) is 0 Å². The van der Waals surface area contributed by atoms with Gasteiger partial charge in [-0.3, -0.25) is 14.3 Å². The first-order valence-corrected chi connectivity index (χ1v) is 9.16. The molecule has 0 radical (unpaired) electrons. The molecule has 2 amide bonds. The van der Waals surface area contributed by atoms with Gasteiger partial charge in [-0.15, -0.1) is 0 Å². The molecule has 0 saturated carbocycles. The van der Waals surface area contributed by atoms with Gasteiger partial charge in [0.15, 0.2) is 0 Å². The smallest absolute Gasteiger partial charge is 0.244 e. The molecule has 7 nitrogen and oxygen atoms in total. The average molecular weight is 369 g/mol. The molecular formula is C20H27N5O2. The Morgan fingerprint density at radius 1 is 1.19 bits per heavy atom. The van der Waals surface area contributed by atoms with Crippen LogP contribution in [0.3, 0.4) is 0 Å². The van der Waals surface area contributed by atoms with Crippen molar-refractivity contribution in [3.05, 3.63) is 54.4 Å². The third-order valence-electron chi connectivity index (χ3n) is 4.11. The van der Waals surface area contributed by atoms with Crippen LogP contribution < -0.4 is 10.6 Å². The van der Waals surface area contributed by atoms with Gasteiger partial charge in [0.2, 0.25) is 11.8 Å². The highest BCUT2D eigenvalue weighted by atomic mass is 16.2. The van der Waals surface area contributed by atoms with Crippen molar-refractivity contribution < 1.29 is 9.59 Å². The fourth-order valence-corrected chi connectivity index (χ4v) is 2.50. The van der Waals surface area contributed by atoms with Crippen LogP contribution in [0.2, 0.25) is 0 Å². The summed E-state index contributed by atoms with van der Waals surface area (Å²) in [5.41, 5.74) is 1.54. The Balaban J connectivity index is 1.72. The van der Waals surface area contributed by atoms with Crippen LogP contribution in [0.4, 0.5) is 5.69 Å². The summed E-state index contributed by atoms with van der Waals surface area (Å²) in [5.74, 6) is -0.608. The molecule has 0 fully saturated rings. The average Bonchev–Trinajstić information content (AvgIpc) is 3.13. The monoisotopic (exact) mass is 369 g/mol. The van der Waals surface area contributed by atoms with E-state index in [1.165, 1.54) is 6.08 Å². The molecular weight excluding hydrogens is 342 g/mol. The first-order valence-electron chi connectivity index (χ1n) is 9.16. The number of amides is 2. The minimum Gasteiger partial charge on any atom is -0.343 e. The molecule has 2 N–H and O–H groups in total. The van der Waals surface area contributed by atoms with Gasteiger partial charge >= 0.3 is 0 Å². The third kappa shape index (κ3) is 7.45. The predicted octanol–water partition coefficient (Wildman–Crippen LogP) is 1.99. The van der Waals surface area contributed by atoms with E-state index >= 15 is 0 Å². The summed E-state index contributed by atoms with van der Waals surface area (Å²) < 4.78 is 1.80. The zero-order valence-electron chi connectivity index (χ0n) is 15.9. The van der Waals surface area contributed by atoms with Crippen LogP contribution in [-0.4, -0.2) is 52.7 Å². The number of anilines is 1. The second-order valence-electron chi connectivity index (χ2n) is 6.03. The Morgan fingerprint density at radius 2 is 1.93 bits per heavy atom. The number of hydrogen-bond acceptors (Lipinski definition) is 4. The second-order valence-corrected chi connectivity index (χ2v) is 6.03. The summed E-state index contributed by atoms with van der Waals surface area (Å²) in [7, 11) is 0. The first kappa shape index (κ1) is 20.4. The SMILES string of the molecule is CCN(CC)CCn1cc(NC(=O)CNC(=O)/C=C/c2ccccc2)cn1. The lowest BCUT2D eigenvalue weighted by atomic mass is 10.2. The number of nitrogens with one attached hydrogen (secondary N) is 2. The van der Waals surface area contributed by atoms with Crippen LogP contribution in [0, 0.1) is 0 Å². The van der Waals surface area contributed by atoms with Gasteiger partial charge in [-0.25, -0.2) is 0 Å². The Hall–Kier alpha value is -2.93. The molecule has 0 aliphatic heterocycles. The van der Waals surface area contributed by atoms with Crippen molar-refractivity contribution in [3.8, 4) is 0 Å². The summed E-state index contributed by atoms with van der Waals surface area (Å²) in [5, 5.41) is 9.54. The lowest BCUT2D eigenvalue weighted by molar-refractivity contribution is -0.121. The van der Waals surface area contributed by atoms with Crippen LogP contribution in [0.25, 0.3) is 6.08 Å². The van der Waals surface area contributed by atoms with Gasteiger partial charge in [-0.2, -0.15) is 5.10 Å². The van der Waals surface area contributed by atoms with E-state index < -0.39 is 0 Å². The van der Waals surface area contributed by atoms with E-state index in [2.05, 4.69) is 34.5 Å². The molecule has 0 saturated heterocycles. The molecule has 144 valence electrons. The largest absolute Gasteiger partial charge is 0.343 e. The summed E-state index contributed by atoms with van der Waals surface area (Å²) in [6.07, 6.45) is 6.51. The molecule has 1 aromatic heterocycles. The quantitative estimate of drug-likeness (QED) is 0.628. The molecule has 27 heavy (non-hydrogen) atoms. The number of carbonyl (C=O) groups is 2. The topological polar surface area (TPSA) is 79.3 Å². The zero-order chi connectivity index (χ0) is 19.5. The molecule has 0 aliphatic rings. The molecule has 0 atom stereocenters. The van der Waals surface area contributed by atoms with E-state index in [0.717, 1.165) is 31.7 Å². The van der Waals surface area contributed by atoms with Crippen molar-refractivity contribution in [3.63, 3.8) is 0 Å². The summed E-state index contributed by atoms with van der Waals surface area (Å²) in [6, 6.07) is 9.50. The lowest BCUT2D eigenvalue weighted by Crippen LogP contribution is -2.31. The molecule has 1 aromatic carbocycles. The van der Waals surface area contributed by atoms with Gasteiger partial charge in [0.05, 0.1) is 25.0 Å². The Labute approximate surface area is 160 Å². The van der Waals surface area contributed by atoms with Gasteiger partial charge in [0, 0.05) is 18.8 Å². The molecule has 7 heteroatoms. The van der Waals surface area contributed by atoms with Crippen LogP contribution >= 0.6 is 0 Å². The van der Waals surface area contributed by atoms with E-state index in [1.54, 1.807) is 23.2 Å². The van der Waals surface area contributed by atoms with Gasteiger partial charge in [-0.1, -0.05) is 44.2 Å². The minimum atomic E-state index is -0.316. The molecule has 0 aliphatic carbocycles. The van der Waals surface area contributed by atoms with Crippen LogP contribution in [0.5, 0.6) is 0 Å². The third-order valence-corrected chi connectivity index (χ3v) is 4.11. The Kier molecular flexibility index (Phi) is 8.25. The number of nitrogens with zero attached hydrogens (tertiary/aromatic N) is 3. The van der Waals surface area contributed by atoms with Crippen LogP contribution in [0.15, 0.2) is 48.8 Å². The van der Waals surface area contributed by atoms with Crippen molar-refractivity contribution in [2.24, 2.45) is 0 Å². The van der Waals surface area contributed by atoms with Crippen LogP contribution in [0.1, 0.15) is 19.4 Å². The molecule has 1 heterocycles. The van der Waals surface area contributed by atoms with Crippen molar-refractivity contribution in [2.45, 2.75) is 20.4 Å². The maximum absolute atomic E-state index is 12.0. The highest BCUT2D eigenvalue weighted by molar-refractivity contribution is 5.97. The van der Waals surface area contributed by atoms with Crippen molar-refractivity contribution in [1.29, 1.82) is 0 Å². The predicted molar refractivity (Wildman–Crippen MR) is 107 cm³/mol. The number of aromatic nitrogens is 2. The lowest BCUT2D eigenvalue weighted by Gasteiger charge is -2.17. The molecule has 0 spiro atoms.